The number of carbonyl (C=O) groups is 1. The minimum atomic E-state index is 0.0235. The summed E-state index contributed by atoms with van der Waals surface area (Å²) in [5, 5.41) is 3.57. The Bertz CT molecular complexity index is 477. The summed E-state index contributed by atoms with van der Waals surface area (Å²) in [4.78, 5) is 11.1. The van der Waals surface area contributed by atoms with Gasteiger partial charge in [-0.1, -0.05) is 17.3 Å². The van der Waals surface area contributed by atoms with E-state index in [2.05, 4.69) is 9.68 Å². The Kier molecular flexibility index (Phi) is 3.00. The molecule has 0 aliphatic rings. The molecule has 2 aromatic rings. The Morgan fingerprint density at radius 3 is 3.06 bits per heavy atom. The van der Waals surface area contributed by atoms with Gasteiger partial charge in [-0.15, -0.1) is 0 Å². The Morgan fingerprint density at radius 2 is 2.38 bits per heavy atom. The van der Waals surface area contributed by atoms with Crippen molar-refractivity contribution in [3.05, 3.63) is 47.9 Å². The Labute approximate surface area is 92.8 Å². The van der Waals surface area contributed by atoms with Crippen molar-refractivity contribution in [1.29, 1.82) is 0 Å². The molecule has 4 nitrogen and oxygen atoms in total. The average Bonchev–Trinajstić information content (AvgIpc) is 2.79. The Balaban J connectivity index is 2.04. The molecule has 0 radical (unpaired) electrons. The van der Waals surface area contributed by atoms with Gasteiger partial charge in [0.1, 0.15) is 18.6 Å². The van der Waals surface area contributed by atoms with Crippen LogP contribution < -0.4 is 4.74 Å². The SMILES string of the molecule is CC(=O)c1cccc(OCc2cnoc2)c1. The van der Waals surface area contributed by atoms with Crippen LogP contribution >= 0.6 is 0 Å². The summed E-state index contributed by atoms with van der Waals surface area (Å²) in [6.45, 7) is 1.91. The van der Waals surface area contributed by atoms with Gasteiger partial charge in [0, 0.05) is 11.1 Å². The number of ether oxygens (including phenoxy) is 1. The Morgan fingerprint density at radius 1 is 1.50 bits per heavy atom. The van der Waals surface area contributed by atoms with Crippen molar-refractivity contribution < 1.29 is 14.1 Å². The van der Waals surface area contributed by atoms with Crippen molar-refractivity contribution in [2.75, 3.05) is 0 Å². The lowest BCUT2D eigenvalue weighted by Gasteiger charge is -2.04. The minimum absolute atomic E-state index is 0.0235. The molecule has 1 heterocycles. The summed E-state index contributed by atoms with van der Waals surface area (Å²) >= 11 is 0. The van der Waals surface area contributed by atoms with Crippen LogP contribution in [0.4, 0.5) is 0 Å². The van der Waals surface area contributed by atoms with Gasteiger partial charge in [0.15, 0.2) is 5.78 Å². The molecule has 2 rings (SSSR count). The standard InChI is InChI=1S/C12H11NO3/c1-9(14)11-3-2-4-12(5-11)15-7-10-6-13-16-8-10/h2-6,8H,7H2,1H3. The largest absolute Gasteiger partial charge is 0.489 e. The van der Waals surface area contributed by atoms with Crippen LogP contribution in [0.15, 0.2) is 41.2 Å². The highest BCUT2D eigenvalue weighted by atomic mass is 16.5. The zero-order chi connectivity index (χ0) is 11.4. The van der Waals surface area contributed by atoms with E-state index < -0.39 is 0 Å². The van der Waals surface area contributed by atoms with E-state index in [4.69, 9.17) is 4.74 Å². The van der Waals surface area contributed by atoms with Crippen LogP contribution in [0.1, 0.15) is 22.8 Å². The zero-order valence-electron chi connectivity index (χ0n) is 8.84. The van der Waals surface area contributed by atoms with Gasteiger partial charge in [-0.25, -0.2) is 0 Å². The van der Waals surface area contributed by atoms with Gasteiger partial charge in [-0.05, 0) is 19.1 Å². The van der Waals surface area contributed by atoms with Crippen LogP contribution in [0.2, 0.25) is 0 Å². The van der Waals surface area contributed by atoms with Crippen LogP contribution in [-0.2, 0) is 6.61 Å². The maximum atomic E-state index is 11.1. The maximum absolute atomic E-state index is 11.1. The van der Waals surface area contributed by atoms with Crippen molar-refractivity contribution in [3.63, 3.8) is 0 Å². The molecule has 0 fully saturated rings. The van der Waals surface area contributed by atoms with E-state index >= 15 is 0 Å². The van der Waals surface area contributed by atoms with Crippen LogP contribution in [0.3, 0.4) is 0 Å². The number of hydrogen-bond donors (Lipinski definition) is 0. The van der Waals surface area contributed by atoms with E-state index in [0.29, 0.717) is 17.9 Å². The van der Waals surface area contributed by atoms with E-state index in [0.717, 1.165) is 5.56 Å². The third kappa shape index (κ3) is 2.48. The smallest absolute Gasteiger partial charge is 0.159 e. The normalized spacial score (nSPS) is 10.1. The fourth-order valence-corrected chi connectivity index (χ4v) is 1.27. The van der Waals surface area contributed by atoms with E-state index in [9.17, 15) is 4.79 Å². The lowest BCUT2D eigenvalue weighted by atomic mass is 10.1. The second-order valence-electron chi connectivity index (χ2n) is 3.41. The molecule has 1 aromatic carbocycles. The number of hydrogen-bond acceptors (Lipinski definition) is 4. The summed E-state index contributed by atoms with van der Waals surface area (Å²) in [5.41, 5.74) is 1.50. The lowest BCUT2D eigenvalue weighted by Crippen LogP contribution is -1.96. The summed E-state index contributed by atoms with van der Waals surface area (Å²) in [7, 11) is 0. The number of ketones is 1. The highest BCUT2D eigenvalue weighted by Gasteiger charge is 2.02. The first-order chi connectivity index (χ1) is 7.75. The zero-order valence-corrected chi connectivity index (χ0v) is 8.84. The molecule has 0 bridgehead atoms. The summed E-state index contributed by atoms with van der Waals surface area (Å²) in [6, 6.07) is 7.07. The van der Waals surface area contributed by atoms with Crippen molar-refractivity contribution >= 4 is 5.78 Å². The van der Waals surface area contributed by atoms with Gasteiger partial charge in [-0.2, -0.15) is 0 Å². The second-order valence-corrected chi connectivity index (χ2v) is 3.41. The summed E-state index contributed by atoms with van der Waals surface area (Å²) in [5.74, 6) is 0.685. The molecular weight excluding hydrogens is 206 g/mol. The first-order valence-corrected chi connectivity index (χ1v) is 4.88. The summed E-state index contributed by atoms with van der Waals surface area (Å²) < 4.78 is 10.2. The minimum Gasteiger partial charge on any atom is -0.489 e. The monoisotopic (exact) mass is 217 g/mol. The molecule has 4 heteroatoms. The predicted molar refractivity (Wildman–Crippen MR) is 57.3 cm³/mol. The third-order valence-electron chi connectivity index (χ3n) is 2.13. The lowest BCUT2D eigenvalue weighted by molar-refractivity contribution is 0.101. The van der Waals surface area contributed by atoms with Gasteiger partial charge in [0.25, 0.3) is 0 Å². The Hall–Kier alpha value is -2.10. The molecule has 0 aliphatic heterocycles. The fourth-order valence-electron chi connectivity index (χ4n) is 1.27. The van der Waals surface area contributed by atoms with E-state index in [1.165, 1.54) is 13.2 Å². The molecule has 0 saturated carbocycles. The molecule has 1 aromatic heterocycles. The number of rotatable bonds is 4. The van der Waals surface area contributed by atoms with E-state index in [1.807, 2.05) is 0 Å². The van der Waals surface area contributed by atoms with E-state index in [-0.39, 0.29) is 5.78 Å². The molecule has 0 N–H and O–H groups in total. The van der Waals surface area contributed by atoms with Crippen LogP contribution in [0.25, 0.3) is 0 Å². The second kappa shape index (κ2) is 4.61. The highest BCUT2D eigenvalue weighted by molar-refractivity contribution is 5.94. The number of aromatic nitrogens is 1. The van der Waals surface area contributed by atoms with Crippen molar-refractivity contribution in [3.8, 4) is 5.75 Å². The molecule has 0 amide bonds. The molecule has 0 spiro atoms. The van der Waals surface area contributed by atoms with Crippen LogP contribution in [-0.4, -0.2) is 10.9 Å². The van der Waals surface area contributed by atoms with Gasteiger partial charge in [-0.3, -0.25) is 4.79 Å². The molecule has 0 atom stereocenters. The fraction of sp³-hybridized carbons (Fsp3) is 0.167. The summed E-state index contributed by atoms with van der Waals surface area (Å²) in [6.07, 6.45) is 3.11. The van der Waals surface area contributed by atoms with Gasteiger partial charge >= 0.3 is 0 Å². The maximum Gasteiger partial charge on any atom is 0.159 e. The third-order valence-corrected chi connectivity index (χ3v) is 2.13. The highest BCUT2D eigenvalue weighted by Crippen LogP contribution is 2.15. The van der Waals surface area contributed by atoms with Gasteiger partial charge in [0.05, 0.1) is 6.20 Å². The average molecular weight is 217 g/mol. The molecule has 0 saturated heterocycles. The predicted octanol–water partition coefficient (Wildman–Crippen LogP) is 2.46. The first kappa shape index (κ1) is 10.4. The van der Waals surface area contributed by atoms with E-state index in [1.54, 1.807) is 30.5 Å². The van der Waals surface area contributed by atoms with Crippen LogP contribution in [0.5, 0.6) is 5.75 Å². The molecular formula is C12H11NO3. The van der Waals surface area contributed by atoms with Crippen molar-refractivity contribution in [2.24, 2.45) is 0 Å². The molecule has 82 valence electrons. The van der Waals surface area contributed by atoms with Gasteiger partial charge in [0.2, 0.25) is 0 Å². The number of nitrogens with zero attached hydrogens (tertiary/aromatic N) is 1. The topological polar surface area (TPSA) is 52.3 Å². The molecule has 0 aliphatic carbocycles. The van der Waals surface area contributed by atoms with Crippen LogP contribution in [0, 0.1) is 0 Å². The molecule has 16 heavy (non-hydrogen) atoms. The van der Waals surface area contributed by atoms with Gasteiger partial charge < -0.3 is 9.26 Å². The number of carbonyl (C=O) groups excluding carboxylic acids is 1. The molecule has 0 unspecified atom stereocenters. The van der Waals surface area contributed by atoms with Crippen molar-refractivity contribution in [1.82, 2.24) is 5.16 Å². The quantitative estimate of drug-likeness (QED) is 0.738. The number of benzene rings is 1. The first-order valence-electron chi connectivity index (χ1n) is 4.88. The van der Waals surface area contributed by atoms with Crippen molar-refractivity contribution in [2.45, 2.75) is 13.5 Å². The number of Topliss-reactive ketones (excluding diaryl/α,β-unsaturated/α-hetero) is 1.